The van der Waals surface area contributed by atoms with Gasteiger partial charge in [-0.1, -0.05) is 6.42 Å². The Morgan fingerprint density at radius 1 is 1.35 bits per heavy atom. The second kappa shape index (κ2) is 5.38. The van der Waals surface area contributed by atoms with Crippen molar-refractivity contribution in [1.82, 2.24) is 15.3 Å². The zero-order chi connectivity index (χ0) is 14.1. The van der Waals surface area contributed by atoms with E-state index in [0.29, 0.717) is 17.4 Å². The van der Waals surface area contributed by atoms with Crippen LogP contribution in [-0.4, -0.2) is 29.0 Å². The van der Waals surface area contributed by atoms with Gasteiger partial charge in [0.15, 0.2) is 0 Å². The van der Waals surface area contributed by atoms with Gasteiger partial charge in [0, 0.05) is 13.1 Å². The highest BCUT2D eigenvalue weighted by atomic mass is 16.1. The highest BCUT2D eigenvalue weighted by Crippen LogP contribution is 2.49. The first-order valence-electron chi connectivity index (χ1n) is 7.48. The third kappa shape index (κ3) is 2.49. The van der Waals surface area contributed by atoms with Gasteiger partial charge < -0.3 is 10.6 Å². The van der Waals surface area contributed by atoms with E-state index in [1.165, 1.54) is 31.9 Å². The maximum absolute atomic E-state index is 12.2. The number of amides is 1. The molecule has 4 atom stereocenters. The fourth-order valence-electron chi connectivity index (χ4n) is 3.89. The second-order valence-electron chi connectivity index (χ2n) is 6.14. The van der Waals surface area contributed by atoms with Gasteiger partial charge in [-0.3, -0.25) is 9.78 Å². The average Bonchev–Trinajstić information content (AvgIpc) is 3.10. The molecule has 0 spiro atoms. The van der Waals surface area contributed by atoms with Crippen LogP contribution in [0.2, 0.25) is 0 Å². The number of anilines is 1. The number of nitrogens with zero attached hydrogens (tertiary/aromatic N) is 2. The van der Waals surface area contributed by atoms with Crippen LogP contribution in [0.4, 0.5) is 5.82 Å². The van der Waals surface area contributed by atoms with Crippen molar-refractivity contribution in [1.29, 1.82) is 0 Å². The van der Waals surface area contributed by atoms with E-state index in [1.807, 2.05) is 0 Å². The van der Waals surface area contributed by atoms with Gasteiger partial charge in [-0.2, -0.15) is 0 Å². The predicted octanol–water partition coefficient (Wildman–Crippen LogP) is 2.07. The minimum atomic E-state index is -0.120. The zero-order valence-electron chi connectivity index (χ0n) is 12.1. The van der Waals surface area contributed by atoms with Crippen LogP contribution < -0.4 is 10.6 Å². The molecule has 5 heteroatoms. The van der Waals surface area contributed by atoms with Crippen LogP contribution in [0.1, 0.15) is 43.1 Å². The van der Waals surface area contributed by atoms with E-state index in [-0.39, 0.29) is 11.9 Å². The van der Waals surface area contributed by atoms with E-state index >= 15 is 0 Å². The molecule has 2 aliphatic rings. The van der Waals surface area contributed by atoms with Gasteiger partial charge in [0.2, 0.25) is 0 Å². The number of aromatic nitrogens is 2. The Hall–Kier alpha value is -1.65. The summed E-state index contributed by atoms with van der Waals surface area (Å²) >= 11 is 0. The summed E-state index contributed by atoms with van der Waals surface area (Å²) in [5, 5.41) is 6.00. The van der Waals surface area contributed by atoms with Crippen LogP contribution in [0.15, 0.2) is 12.4 Å². The normalized spacial score (nSPS) is 29.2. The summed E-state index contributed by atoms with van der Waals surface area (Å²) in [5.74, 6) is 2.84. The first kappa shape index (κ1) is 13.3. The van der Waals surface area contributed by atoms with Crippen LogP contribution in [0.5, 0.6) is 0 Å². The number of carbonyl (C=O) groups is 1. The summed E-state index contributed by atoms with van der Waals surface area (Å²) in [7, 11) is 1.77. The first-order chi connectivity index (χ1) is 9.67. The Bertz CT molecular complexity index is 504. The number of nitrogens with one attached hydrogen (secondary N) is 2. The molecule has 2 saturated carbocycles. The smallest absolute Gasteiger partial charge is 0.271 e. The van der Waals surface area contributed by atoms with Crippen molar-refractivity contribution in [3.63, 3.8) is 0 Å². The molecule has 1 aromatic rings. The van der Waals surface area contributed by atoms with Crippen molar-refractivity contribution in [3.8, 4) is 0 Å². The summed E-state index contributed by atoms with van der Waals surface area (Å²) < 4.78 is 0. The van der Waals surface area contributed by atoms with Gasteiger partial charge >= 0.3 is 0 Å². The number of hydrogen-bond acceptors (Lipinski definition) is 4. The van der Waals surface area contributed by atoms with E-state index in [0.717, 1.165) is 11.8 Å². The van der Waals surface area contributed by atoms with Crippen molar-refractivity contribution in [3.05, 3.63) is 18.1 Å². The number of fused-ring (bicyclic) bond motifs is 2. The number of carbonyl (C=O) groups excluding carboxylic acids is 1. The maximum Gasteiger partial charge on any atom is 0.271 e. The second-order valence-corrected chi connectivity index (χ2v) is 6.14. The molecular formula is C15H22N4O. The molecule has 0 aliphatic heterocycles. The molecule has 1 aromatic heterocycles. The van der Waals surface area contributed by atoms with Crippen LogP contribution in [0.3, 0.4) is 0 Å². The van der Waals surface area contributed by atoms with Gasteiger partial charge in [-0.25, -0.2) is 4.98 Å². The van der Waals surface area contributed by atoms with Crippen LogP contribution in [0.25, 0.3) is 0 Å². The Morgan fingerprint density at radius 3 is 2.85 bits per heavy atom. The third-order valence-electron chi connectivity index (χ3n) is 4.92. The lowest BCUT2D eigenvalue weighted by molar-refractivity contribution is 0.0910. The minimum Gasteiger partial charge on any atom is -0.372 e. The monoisotopic (exact) mass is 274 g/mol. The molecule has 5 nitrogen and oxygen atoms in total. The molecular weight excluding hydrogens is 252 g/mol. The molecule has 1 heterocycles. The molecule has 0 radical (unpaired) electrons. The van der Waals surface area contributed by atoms with Gasteiger partial charge in [0.1, 0.15) is 11.5 Å². The predicted molar refractivity (Wildman–Crippen MR) is 77.4 cm³/mol. The molecule has 0 saturated heterocycles. The number of rotatable bonds is 4. The van der Waals surface area contributed by atoms with Gasteiger partial charge in [0.25, 0.3) is 5.91 Å². The van der Waals surface area contributed by atoms with Crippen molar-refractivity contribution in [2.24, 2.45) is 17.8 Å². The van der Waals surface area contributed by atoms with Crippen molar-refractivity contribution < 1.29 is 4.79 Å². The lowest BCUT2D eigenvalue weighted by atomic mass is 9.84. The largest absolute Gasteiger partial charge is 0.372 e. The molecule has 2 N–H and O–H groups in total. The van der Waals surface area contributed by atoms with Gasteiger partial charge in [0.05, 0.1) is 12.4 Å². The zero-order valence-corrected chi connectivity index (χ0v) is 12.1. The van der Waals surface area contributed by atoms with Crippen LogP contribution >= 0.6 is 0 Å². The molecule has 108 valence electrons. The quantitative estimate of drug-likeness (QED) is 0.882. The summed E-state index contributed by atoms with van der Waals surface area (Å²) in [6, 6.07) is 0.220. The standard InChI is InChI=1S/C15H22N4O/c1-9(12-6-10-3-4-11(12)5-10)18-15(20)13-7-17-8-14(16-2)19-13/h7-12H,3-6H2,1-2H3,(H,16,19)(H,18,20). The number of hydrogen-bond donors (Lipinski definition) is 2. The molecule has 2 fully saturated rings. The summed E-state index contributed by atoms with van der Waals surface area (Å²) in [6.07, 6.45) is 8.48. The highest BCUT2D eigenvalue weighted by molar-refractivity contribution is 5.92. The summed E-state index contributed by atoms with van der Waals surface area (Å²) in [6.45, 7) is 2.12. The van der Waals surface area contributed by atoms with E-state index in [9.17, 15) is 4.79 Å². The van der Waals surface area contributed by atoms with Gasteiger partial charge in [-0.05, 0) is 43.9 Å². The van der Waals surface area contributed by atoms with Crippen LogP contribution in [-0.2, 0) is 0 Å². The molecule has 20 heavy (non-hydrogen) atoms. The topological polar surface area (TPSA) is 66.9 Å². The average molecular weight is 274 g/mol. The van der Waals surface area contributed by atoms with E-state index in [4.69, 9.17) is 0 Å². The third-order valence-corrected chi connectivity index (χ3v) is 4.92. The highest BCUT2D eigenvalue weighted by Gasteiger charge is 2.42. The van der Waals surface area contributed by atoms with E-state index in [2.05, 4.69) is 27.5 Å². The van der Waals surface area contributed by atoms with Crippen molar-refractivity contribution in [2.75, 3.05) is 12.4 Å². The van der Waals surface area contributed by atoms with Gasteiger partial charge in [-0.15, -0.1) is 0 Å². The Balaban J connectivity index is 1.63. The van der Waals surface area contributed by atoms with E-state index < -0.39 is 0 Å². The summed E-state index contributed by atoms with van der Waals surface area (Å²) in [5.41, 5.74) is 0.381. The molecule has 3 rings (SSSR count). The molecule has 1 amide bonds. The molecule has 2 bridgehead atoms. The Labute approximate surface area is 119 Å². The Kier molecular flexibility index (Phi) is 3.59. The molecule has 2 aliphatic carbocycles. The lowest BCUT2D eigenvalue weighted by Crippen LogP contribution is -2.40. The maximum atomic E-state index is 12.2. The fourth-order valence-corrected chi connectivity index (χ4v) is 3.89. The molecule has 0 aromatic carbocycles. The van der Waals surface area contributed by atoms with Crippen molar-refractivity contribution in [2.45, 2.75) is 38.6 Å². The van der Waals surface area contributed by atoms with Crippen molar-refractivity contribution >= 4 is 11.7 Å². The van der Waals surface area contributed by atoms with E-state index in [1.54, 1.807) is 13.2 Å². The fraction of sp³-hybridized carbons (Fsp3) is 0.667. The lowest BCUT2D eigenvalue weighted by Gasteiger charge is -2.28. The SMILES string of the molecule is CNc1cncc(C(=O)NC(C)C2CC3CCC2C3)n1. The summed E-state index contributed by atoms with van der Waals surface area (Å²) in [4.78, 5) is 20.5. The minimum absolute atomic E-state index is 0.120. The first-order valence-corrected chi connectivity index (χ1v) is 7.48. The van der Waals surface area contributed by atoms with Crippen LogP contribution in [0, 0.1) is 17.8 Å². The Morgan fingerprint density at radius 2 is 2.20 bits per heavy atom. The molecule has 4 unspecified atom stereocenters.